The number of nitrogens with zero attached hydrogens (tertiary/aromatic N) is 3. The third-order valence-corrected chi connectivity index (χ3v) is 5.71. The van der Waals surface area contributed by atoms with Crippen LogP contribution in [0.15, 0.2) is 24.3 Å². The summed E-state index contributed by atoms with van der Waals surface area (Å²) in [6, 6.07) is 8.17. The number of para-hydroxylation sites is 2. The molecule has 1 aliphatic rings. The molecule has 1 fully saturated rings. The molecule has 1 saturated heterocycles. The number of methoxy groups -OCH3 is 1. The van der Waals surface area contributed by atoms with E-state index in [0.29, 0.717) is 17.9 Å². The average Bonchev–Trinajstić information content (AvgIpc) is 3.28. The summed E-state index contributed by atoms with van der Waals surface area (Å²) in [6.45, 7) is 3.73. The van der Waals surface area contributed by atoms with Crippen LogP contribution in [0.4, 0.5) is 0 Å². The maximum absolute atomic E-state index is 12.7. The number of ether oxygens (including phenoxy) is 1. The molecular weight excluding hydrogens is 350 g/mol. The van der Waals surface area contributed by atoms with E-state index in [4.69, 9.17) is 4.98 Å². The normalized spacial score (nSPS) is 17.0. The molecule has 0 aliphatic carbocycles. The van der Waals surface area contributed by atoms with Gasteiger partial charge in [-0.25, -0.2) is 4.98 Å². The Morgan fingerprint density at radius 2 is 2.15 bits per heavy atom. The second-order valence-electron chi connectivity index (χ2n) is 6.33. The Morgan fingerprint density at radius 1 is 1.35 bits per heavy atom. The van der Waals surface area contributed by atoms with Gasteiger partial charge in [0.25, 0.3) is 0 Å². The number of aryl methyl sites for hydroxylation is 1. The first-order chi connectivity index (χ1) is 12.7. The van der Waals surface area contributed by atoms with Crippen LogP contribution < -0.4 is 0 Å². The number of esters is 1. The molecule has 6 nitrogen and oxygen atoms in total. The molecule has 3 rings (SSSR count). The van der Waals surface area contributed by atoms with Crippen LogP contribution in [0.5, 0.6) is 0 Å². The minimum atomic E-state index is -0.252. The highest BCUT2D eigenvalue weighted by Gasteiger charge is 2.33. The van der Waals surface area contributed by atoms with Crippen LogP contribution in [-0.2, 0) is 20.9 Å². The van der Waals surface area contributed by atoms with E-state index < -0.39 is 0 Å². The van der Waals surface area contributed by atoms with Crippen molar-refractivity contribution in [1.29, 1.82) is 0 Å². The first-order valence-electron chi connectivity index (χ1n) is 9.05. The summed E-state index contributed by atoms with van der Waals surface area (Å²) in [5, 5.41) is 0. The Morgan fingerprint density at radius 3 is 2.92 bits per heavy atom. The van der Waals surface area contributed by atoms with Gasteiger partial charge in [0.05, 0.1) is 29.9 Å². The highest BCUT2D eigenvalue weighted by atomic mass is 32.2. The topological polar surface area (TPSA) is 64.4 Å². The number of thioether (sulfide) groups is 1. The summed E-state index contributed by atoms with van der Waals surface area (Å²) in [6.07, 6.45) is 2.38. The number of rotatable bonds is 7. The largest absolute Gasteiger partial charge is 0.468 e. The van der Waals surface area contributed by atoms with Gasteiger partial charge in [-0.05, 0) is 31.9 Å². The number of amides is 1. The number of aromatic nitrogens is 2. The highest BCUT2D eigenvalue weighted by molar-refractivity contribution is 7.99. The molecular formula is C19H25N3O3S. The van der Waals surface area contributed by atoms with Gasteiger partial charge in [-0.3, -0.25) is 9.59 Å². The summed E-state index contributed by atoms with van der Waals surface area (Å²) in [7, 11) is 1.38. The molecule has 26 heavy (non-hydrogen) atoms. The van der Waals surface area contributed by atoms with E-state index in [1.54, 1.807) is 0 Å². The molecule has 0 saturated carbocycles. The quantitative estimate of drug-likeness (QED) is 0.550. The van der Waals surface area contributed by atoms with Crippen molar-refractivity contribution in [3.63, 3.8) is 0 Å². The minimum Gasteiger partial charge on any atom is -0.468 e. The molecule has 2 heterocycles. The Labute approximate surface area is 157 Å². The van der Waals surface area contributed by atoms with Gasteiger partial charge >= 0.3 is 5.97 Å². The molecule has 1 unspecified atom stereocenters. The number of carbonyl (C=O) groups is 2. The fourth-order valence-electron chi connectivity index (χ4n) is 3.53. The molecule has 0 radical (unpaired) electrons. The van der Waals surface area contributed by atoms with Crippen LogP contribution in [0.3, 0.4) is 0 Å². The lowest BCUT2D eigenvalue weighted by Crippen LogP contribution is -2.32. The Kier molecular flexibility index (Phi) is 6.19. The van der Waals surface area contributed by atoms with E-state index in [1.807, 2.05) is 23.1 Å². The SMILES string of the molecule is CCn1c(C2CCCN2C(=O)CCSCC(=O)OC)nc2ccccc21. The smallest absolute Gasteiger partial charge is 0.315 e. The first-order valence-corrected chi connectivity index (χ1v) is 10.2. The summed E-state index contributed by atoms with van der Waals surface area (Å²) < 4.78 is 6.84. The molecule has 1 atom stereocenters. The second-order valence-corrected chi connectivity index (χ2v) is 7.43. The van der Waals surface area contributed by atoms with Gasteiger partial charge < -0.3 is 14.2 Å². The van der Waals surface area contributed by atoms with Crippen molar-refractivity contribution in [3.05, 3.63) is 30.1 Å². The van der Waals surface area contributed by atoms with Crippen molar-refractivity contribution in [2.45, 2.75) is 38.8 Å². The van der Waals surface area contributed by atoms with Crippen LogP contribution in [-0.4, -0.2) is 51.5 Å². The first kappa shape index (κ1) is 18.8. The van der Waals surface area contributed by atoms with Crippen LogP contribution in [0, 0.1) is 0 Å². The molecule has 0 spiro atoms. The number of imidazole rings is 1. The van der Waals surface area contributed by atoms with E-state index >= 15 is 0 Å². The van der Waals surface area contributed by atoms with Crippen LogP contribution >= 0.6 is 11.8 Å². The standard InChI is InChI=1S/C19H25N3O3S/c1-3-21-15-8-5-4-7-14(15)20-19(21)16-9-6-11-22(16)17(23)10-12-26-13-18(24)25-2/h4-5,7-8,16H,3,6,9-13H2,1-2H3. The lowest BCUT2D eigenvalue weighted by molar-refractivity contribution is -0.137. The number of carbonyl (C=O) groups excluding carboxylic acids is 2. The zero-order chi connectivity index (χ0) is 18.5. The van der Waals surface area contributed by atoms with E-state index in [-0.39, 0.29) is 17.9 Å². The minimum absolute atomic E-state index is 0.0421. The molecule has 1 aromatic heterocycles. The number of fused-ring (bicyclic) bond motifs is 1. The predicted octanol–water partition coefficient (Wildman–Crippen LogP) is 3.02. The van der Waals surface area contributed by atoms with Gasteiger partial charge in [0, 0.05) is 25.3 Å². The van der Waals surface area contributed by atoms with Crippen LogP contribution in [0.2, 0.25) is 0 Å². The zero-order valence-electron chi connectivity index (χ0n) is 15.3. The van der Waals surface area contributed by atoms with Gasteiger partial charge in [-0.2, -0.15) is 0 Å². The third kappa shape index (κ3) is 3.87. The highest BCUT2D eigenvalue weighted by Crippen LogP contribution is 2.34. The van der Waals surface area contributed by atoms with Gasteiger partial charge in [-0.1, -0.05) is 12.1 Å². The second kappa shape index (κ2) is 8.58. The van der Waals surface area contributed by atoms with Gasteiger partial charge in [-0.15, -0.1) is 11.8 Å². The average molecular weight is 375 g/mol. The lowest BCUT2D eigenvalue weighted by atomic mass is 10.2. The number of hydrogen-bond donors (Lipinski definition) is 0. The summed E-state index contributed by atoms with van der Waals surface area (Å²) >= 11 is 1.44. The molecule has 1 amide bonds. The summed E-state index contributed by atoms with van der Waals surface area (Å²) in [4.78, 5) is 30.7. The van der Waals surface area contributed by atoms with E-state index in [0.717, 1.165) is 42.8 Å². The Hall–Kier alpha value is -2.02. The Balaban J connectivity index is 1.70. The zero-order valence-corrected chi connectivity index (χ0v) is 16.1. The summed E-state index contributed by atoms with van der Waals surface area (Å²) in [5.74, 6) is 1.79. The van der Waals surface area contributed by atoms with Crippen molar-refractivity contribution >= 4 is 34.7 Å². The van der Waals surface area contributed by atoms with Crippen molar-refractivity contribution < 1.29 is 14.3 Å². The van der Waals surface area contributed by atoms with Crippen LogP contribution in [0.1, 0.15) is 38.1 Å². The fourth-order valence-corrected chi connectivity index (χ4v) is 4.28. The van der Waals surface area contributed by atoms with E-state index in [2.05, 4.69) is 22.3 Å². The van der Waals surface area contributed by atoms with Gasteiger partial charge in [0.2, 0.25) is 5.91 Å². The predicted molar refractivity (Wildman–Crippen MR) is 103 cm³/mol. The van der Waals surface area contributed by atoms with E-state index in [1.165, 1.54) is 18.9 Å². The van der Waals surface area contributed by atoms with Crippen molar-refractivity contribution in [2.24, 2.45) is 0 Å². The molecule has 2 aromatic rings. The molecule has 7 heteroatoms. The molecule has 0 bridgehead atoms. The summed E-state index contributed by atoms with van der Waals surface area (Å²) in [5.41, 5.74) is 2.11. The number of likely N-dealkylation sites (tertiary alicyclic amines) is 1. The maximum atomic E-state index is 12.7. The lowest BCUT2D eigenvalue weighted by Gasteiger charge is -2.25. The maximum Gasteiger partial charge on any atom is 0.315 e. The number of benzene rings is 1. The molecule has 1 aromatic carbocycles. The van der Waals surface area contributed by atoms with Gasteiger partial charge in [0.15, 0.2) is 0 Å². The third-order valence-electron chi connectivity index (χ3n) is 4.78. The van der Waals surface area contributed by atoms with Crippen molar-refractivity contribution in [3.8, 4) is 0 Å². The van der Waals surface area contributed by atoms with Gasteiger partial charge in [0.1, 0.15) is 5.82 Å². The monoisotopic (exact) mass is 375 g/mol. The number of hydrogen-bond acceptors (Lipinski definition) is 5. The molecule has 1 aliphatic heterocycles. The molecule has 0 N–H and O–H groups in total. The van der Waals surface area contributed by atoms with Crippen molar-refractivity contribution in [2.75, 3.05) is 25.2 Å². The van der Waals surface area contributed by atoms with E-state index in [9.17, 15) is 9.59 Å². The molecule has 140 valence electrons. The van der Waals surface area contributed by atoms with Crippen molar-refractivity contribution in [1.82, 2.24) is 14.5 Å². The fraction of sp³-hybridized carbons (Fsp3) is 0.526. The van der Waals surface area contributed by atoms with Crippen LogP contribution in [0.25, 0.3) is 11.0 Å². The Bertz CT molecular complexity index is 789.